The minimum absolute atomic E-state index is 0.0444. The molecule has 1 rings (SSSR count). The Morgan fingerprint density at radius 2 is 1.52 bits per heavy atom. The summed E-state index contributed by atoms with van der Waals surface area (Å²) in [7, 11) is 0.956. The number of hydrogen-bond acceptors (Lipinski definition) is 2. The van der Waals surface area contributed by atoms with E-state index < -0.39 is 30.5 Å². The molecule has 0 saturated carbocycles. The van der Waals surface area contributed by atoms with E-state index in [1.54, 1.807) is 0 Å². The van der Waals surface area contributed by atoms with Crippen LogP contribution in [0.5, 0.6) is 5.75 Å². The lowest BCUT2D eigenvalue weighted by atomic mass is 9.98. The van der Waals surface area contributed by atoms with Crippen LogP contribution in [0.1, 0.15) is 37.9 Å². The first kappa shape index (κ1) is 21.5. The number of benzene rings is 1. The summed E-state index contributed by atoms with van der Waals surface area (Å²) in [5.41, 5.74) is 0.0444. The van der Waals surface area contributed by atoms with Crippen LogP contribution in [0.3, 0.4) is 0 Å². The predicted molar refractivity (Wildman–Crippen MR) is 77.2 cm³/mol. The van der Waals surface area contributed by atoms with E-state index >= 15 is 0 Å². The number of rotatable bonds is 9. The van der Waals surface area contributed by atoms with Gasteiger partial charge in [-0.1, -0.05) is 25.5 Å². The fourth-order valence-electron chi connectivity index (χ4n) is 2.02. The van der Waals surface area contributed by atoms with Gasteiger partial charge in [-0.15, -0.1) is 0 Å². The van der Waals surface area contributed by atoms with Crippen LogP contribution < -0.4 is 4.74 Å². The van der Waals surface area contributed by atoms with E-state index in [1.165, 1.54) is 24.3 Å². The summed E-state index contributed by atoms with van der Waals surface area (Å²) in [6.07, 6.45) is -8.08. The van der Waals surface area contributed by atoms with Crippen molar-refractivity contribution in [3.63, 3.8) is 0 Å². The first-order valence-corrected chi connectivity index (χ1v) is 7.54. The molecule has 0 aliphatic carbocycles. The monoisotopic (exact) mass is 376 g/mol. The molecule has 0 fully saturated rings. The second-order valence-electron chi connectivity index (χ2n) is 5.48. The standard InChI is InChI=1S/C16H19F7O2/c1-3-4-9-25-12-7-5-11(6-8-12)13(24-2)10-14(17,18)15(19,20)16(21,22)23/h5-8,13H,3-4,9-10H2,1-2H3. The average molecular weight is 376 g/mol. The number of alkyl halides is 7. The van der Waals surface area contributed by atoms with Crippen molar-refractivity contribution in [3.05, 3.63) is 29.8 Å². The topological polar surface area (TPSA) is 18.5 Å². The zero-order valence-electron chi connectivity index (χ0n) is 13.7. The van der Waals surface area contributed by atoms with Crippen LogP contribution in [0.25, 0.3) is 0 Å². The largest absolute Gasteiger partial charge is 0.494 e. The molecular formula is C16H19F7O2. The Hall–Kier alpha value is -1.51. The summed E-state index contributed by atoms with van der Waals surface area (Å²) in [5.74, 6) is -11.0. The number of halogens is 7. The molecule has 1 unspecified atom stereocenters. The van der Waals surface area contributed by atoms with Gasteiger partial charge in [0.15, 0.2) is 0 Å². The van der Waals surface area contributed by atoms with Crippen LogP contribution in [0.15, 0.2) is 24.3 Å². The van der Waals surface area contributed by atoms with Crippen LogP contribution in [-0.2, 0) is 4.74 Å². The minimum Gasteiger partial charge on any atom is -0.494 e. The molecule has 0 saturated heterocycles. The molecule has 1 aromatic carbocycles. The molecule has 144 valence electrons. The van der Waals surface area contributed by atoms with Gasteiger partial charge in [0.05, 0.1) is 12.7 Å². The van der Waals surface area contributed by atoms with Gasteiger partial charge in [-0.25, -0.2) is 0 Å². The summed E-state index contributed by atoms with van der Waals surface area (Å²) in [6.45, 7) is 2.41. The first-order valence-electron chi connectivity index (χ1n) is 7.54. The molecule has 0 spiro atoms. The highest BCUT2D eigenvalue weighted by Crippen LogP contribution is 2.50. The summed E-state index contributed by atoms with van der Waals surface area (Å²) >= 11 is 0. The van der Waals surface area contributed by atoms with Gasteiger partial charge < -0.3 is 9.47 Å². The average Bonchev–Trinajstić information content (AvgIpc) is 2.52. The molecule has 9 heteroatoms. The van der Waals surface area contributed by atoms with Crippen molar-refractivity contribution >= 4 is 0 Å². The molecular weight excluding hydrogens is 357 g/mol. The van der Waals surface area contributed by atoms with Crippen LogP contribution in [-0.4, -0.2) is 31.7 Å². The third kappa shape index (κ3) is 5.23. The minimum atomic E-state index is -6.36. The van der Waals surface area contributed by atoms with Gasteiger partial charge in [0, 0.05) is 13.5 Å². The van der Waals surface area contributed by atoms with E-state index in [4.69, 9.17) is 9.47 Å². The van der Waals surface area contributed by atoms with E-state index in [0.29, 0.717) is 12.4 Å². The molecule has 0 bridgehead atoms. The molecule has 2 nitrogen and oxygen atoms in total. The molecule has 0 N–H and O–H groups in total. The molecule has 1 atom stereocenters. The quantitative estimate of drug-likeness (QED) is 0.402. The number of ether oxygens (including phenoxy) is 2. The highest BCUT2D eigenvalue weighted by Gasteiger charge is 2.73. The van der Waals surface area contributed by atoms with E-state index in [-0.39, 0.29) is 5.56 Å². The maximum Gasteiger partial charge on any atom is 0.459 e. The van der Waals surface area contributed by atoms with Crippen LogP contribution in [0.2, 0.25) is 0 Å². The second kappa shape index (κ2) is 8.25. The molecule has 1 aromatic rings. The van der Waals surface area contributed by atoms with Crippen molar-refractivity contribution in [1.82, 2.24) is 0 Å². The number of methoxy groups -OCH3 is 1. The van der Waals surface area contributed by atoms with Crippen molar-refractivity contribution in [2.75, 3.05) is 13.7 Å². The smallest absolute Gasteiger partial charge is 0.459 e. The van der Waals surface area contributed by atoms with Gasteiger partial charge >= 0.3 is 18.0 Å². The molecule has 25 heavy (non-hydrogen) atoms. The predicted octanol–water partition coefficient (Wildman–Crippen LogP) is 5.78. The number of unbranched alkanes of at least 4 members (excludes halogenated alkanes) is 1. The van der Waals surface area contributed by atoms with Gasteiger partial charge in [-0.3, -0.25) is 0 Å². The van der Waals surface area contributed by atoms with Crippen LogP contribution in [0, 0.1) is 0 Å². The maximum atomic E-state index is 13.5. The highest BCUT2D eigenvalue weighted by atomic mass is 19.4. The molecule has 0 radical (unpaired) electrons. The summed E-state index contributed by atoms with van der Waals surface area (Å²) in [5, 5.41) is 0. The van der Waals surface area contributed by atoms with Gasteiger partial charge in [0.25, 0.3) is 0 Å². The van der Waals surface area contributed by atoms with Crippen LogP contribution >= 0.6 is 0 Å². The van der Waals surface area contributed by atoms with Gasteiger partial charge in [-0.2, -0.15) is 30.7 Å². The van der Waals surface area contributed by atoms with Gasteiger partial charge in [0.2, 0.25) is 0 Å². The van der Waals surface area contributed by atoms with Crippen molar-refractivity contribution in [2.24, 2.45) is 0 Å². The van der Waals surface area contributed by atoms with E-state index in [1.807, 2.05) is 6.92 Å². The zero-order valence-corrected chi connectivity index (χ0v) is 13.7. The van der Waals surface area contributed by atoms with Crippen molar-refractivity contribution in [3.8, 4) is 5.75 Å². The normalized spacial score (nSPS) is 14.4. The lowest BCUT2D eigenvalue weighted by Gasteiger charge is -2.30. The van der Waals surface area contributed by atoms with Gasteiger partial charge in [0.1, 0.15) is 5.75 Å². The zero-order chi connectivity index (χ0) is 19.3. The van der Waals surface area contributed by atoms with Crippen molar-refractivity contribution in [1.29, 1.82) is 0 Å². The molecule has 0 aliphatic rings. The first-order chi connectivity index (χ1) is 11.5. The number of hydrogen-bond donors (Lipinski definition) is 0. The Balaban J connectivity index is 2.88. The fourth-order valence-corrected chi connectivity index (χ4v) is 2.02. The van der Waals surface area contributed by atoms with E-state index in [2.05, 4.69) is 0 Å². The molecule has 0 aromatic heterocycles. The van der Waals surface area contributed by atoms with Crippen molar-refractivity contribution < 1.29 is 40.2 Å². The van der Waals surface area contributed by atoms with Gasteiger partial charge in [-0.05, 0) is 24.1 Å². The highest BCUT2D eigenvalue weighted by molar-refractivity contribution is 5.29. The SMILES string of the molecule is CCCCOc1ccc(C(CC(F)(F)C(F)(F)C(F)(F)F)OC)cc1. The maximum absolute atomic E-state index is 13.5. The summed E-state index contributed by atoms with van der Waals surface area (Å²) < 4.78 is 99.7. The molecule has 0 heterocycles. The van der Waals surface area contributed by atoms with Crippen LogP contribution in [0.4, 0.5) is 30.7 Å². The Bertz CT molecular complexity index is 526. The Kier molecular flexibility index (Phi) is 7.10. The fraction of sp³-hybridized carbons (Fsp3) is 0.625. The second-order valence-corrected chi connectivity index (χ2v) is 5.48. The molecule has 0 amide bonds. The lowest BCUT2D eigenvalue weighted by molar-refractivity contribution is -0.358. The van der Waals surface area contributed by atoms with E-state index in [0.717, 1.165) is 20.0 Å². The summed E-state index contributed by atoms with van der Waals surface area (Å²) in [4.78, 5) is 0. The molecule has 0 aliphatic heterocycles. The van der Waals surface area contributed by atoms with E-state index in [9.17, 15) is 30.7 Å². The third-order valence-corrected chi connectivity index (χ3v) is 3.56. The Morgan fingerprint density at radius 1 is 0.960 bits per heavy atom. The summed E-state index contributed by atoms with van der Waals surface area (Å²) in [6, 6.07) is 5.41. The van der Waals surface area contributed by atoms with Crippen molar-refractivity contribution in [2.45, 2.75) is 50.3 Å². The lowest BCUT2D eigenvalue weighted by Crippen LogP contribution is -2.52. The Morgan fingerprint density at radius 3 is 1.96 bits per heavy atom. The Labute approximate surface area is 140 Å². The third-order valence-electron chi connectivity index (χ3n) is 3.56.